The second-order valence-corrected chi connectivity index (χ2v) is 4.30. The summed E-state index contributed by atoms with van der Waals surface area (Å²) in [5, 5.41) is 10.5. The van der Waals surface area contributed by atoms with Crippen molar-refractivity contribution in [2.45, 2.75) is 32.9 Å². The van der Waals surface area contributed by atoms with E-state index in [1.165, 1.54) is 0 Å². The number of nitrogens with zero attached hydrogens (tertiary/aromatic N) is 3. The third kappa shape index (κ3) is 2.79. The summed E-state index contributed by atoms with van der Waals surface area (Å²) in [6, 6.07) is -0.680. The first-order chi connectivity index (χ1) is 7.43. The number of carbonyl (C=O) groups excluding carboxylic acids is 1. The van der Waals surface area contributed by atoms with E-state index in [0.717, 1.165) is 0 Å². The van der Waals surface area contributed by atoms with E-state index >= 15 is 0 Å². The average molecular weight is 225 g/mol. The lowest BCUT2D eigenvalue weighted by atomic mass is 10.0. The first kappa shape index (κ1) is 12.6. The van der Waals surface area contributed by atoms with Crippen LogP contribution in [0.4, 0.5) is 0 Å². The van der Waals surface area contributed by atoms with Gasteiger partial charge in [0.2, 0.25) is 5.91 Å². The number of hydrogen-bond acceptors (Lipinski definition) is 4. The first-order valence-electron chi connectivity index (χ1n) is 5.33. The summed E-state index contributed by atoms with van der Waals surface area (Å²) in [5.41, 5.74) is 5.74. The van der Waals surface area contributed by atoms with Gasteiger partial charge in [0.15, 0.2) is 5.82 Å². The van der Waals surface area contributed by atoms with Gasteiger partial charge in [-0.1, -0.05) is 13.8 Å². The zero-order valence-electron chi connectivity index (χ0n) is 10.1. The van der Waals surface area contributed by atoms with Gasteiger partial charge in [-0.15, -0.1) is 10.2 Å². The fourth-order valence-corrected chi connectivity index (χ4v) is 1.36. The molecule has 0 fully saturated rings. The topological polar surface area (TPSA) is 85.8 Å². The third-order valence-corrected chi connectivity index (χ3v) is 2.51. The fraction of sp³-hybridized carbons (Fsp3) is 0.700. The van der Waals surface area contributed by atoms with Crippen LogP contribution >= 0.6 is 0 Å². The molecule has 0 aromatic carbocycles. The van der Waals surface area contributed by atoms with Gasteiger partial charge >= 0.3 is 0 Å². The molecule has 1 rings (SSSR count). The van der Waals surface area contributed by atoms with Gasteiger partial charge in [-0.3, -0.25) is 4.79 Å². The Morgan fingerprint density at radius 2 is 2.12 bits per heavy atom. The number of hydrogen-bond donors (Lipinski definition) is 2. The Morgan fingerprint density at radius 3 is 2.56 bits per heavy atom. The first-order valence-corrected chi connectivity index (χ1v) is 5.33. The van der Waals surface area contributed by atoms with E-state index in [-0.39, 0.29) is 17.9 Å². The highest BCUT2D eigenvalue weighted by Gasteiger charge is 2.21. The number of rotatable bonds is 4. The summed E-state index contributed by atoms with van der Waals surface area (Å²) < 4.78 is 1.77. The zero-order chi connectivity index (χ0) is 12.3. The molecule has 1 heterocycles. The summed E-state index contributed by atoms with van der Waals surface area (Å²) in [4.78, 5) is 11.7. The van der Waals surface area contributed by atoms with Crippen molar-refractivity contribution in [3.8, 4) is 0 Å². The van der Waals surface area contributed by atoms with Crippen molar-refractivity contribution in [1.29, 1.82) is 0 Å². The molecule has 1 aromatic rings. The summed E-state index contributed by atoms with van der Waals surface area (Å²) >= 11 is 0. The number of carbonyl (C=O) groups is 1. The van der Waals surface area contributed by atoms with Gasteiger partial charge in [-0.25, -0.2) is 0 Å². The van der Waals surface area contributed by atoms with E-state index in [1.54, 1.807) is 10.9 Å². The molecule has 2 atom stereocenters. The normalized spacial score (nSPS) is 14.9. The van der Waals surface area contributed by atoms with Crippen molar-refractivity contribution in [1.82, 2.24) is 20.1 Å². The minimum absolute atomic E-state index is 0.117. The Kier molecular flexibility index (Phi) is 4.00. The van der Waals surface area contributed by atoms with Crippen molar-refractivity contribution < 1.29 is 4.79 Å². The summed E-state index contributed by atoms with van der Waals surface area (Å²) in [5.74, 6) is 0.668. The van der Waals surface area contributed by atoms with Gasteiger partial charge in [0.05, 0.1) is 12.1 Å². The molecule has 0 aliphatic rings. The van der Waals surface area contributed by atoms with Crippen LogP contribution in [0.1, 0.15) is 32.6 Å². The van der Waals surface area contributed by atoms with Crippen LogP contribution in [0, 0.1) is 5.92 Å². The van der Waals surface area contributed by atoms with Gasteiger partial charge in [0.1, 0.15) is 6.33 Å². The molecule has 0 aliphatic carbocycles. The highest BCUT2D eigenvalue weighted by atomic mass is 16.2. The second kappa shape index (κ2) is 5.07. The molecular weight excluding hydrogens is 206 g/mol. The number of nitrogens with one attached hydrogen (secondary N) is 1. The molecule has 1 aromatic heterocycles. The van der Waals surface area contributed by atoms with E-state index in [0.29, 0.717) is 5.82 Å². The van der Waals surface area contributed by atoms with Gasteiger partial charge in [-0.05, 0) is 12.8 Å². The van der Waals surface area contributed by atoms with Crippen LogP contribution in [-0.2, 0) is 11.8 Å². The smallest absolute Gasteiger partial charge is 0.237 e. The number of nitrogens with two attached hydrogens (primary N) is 1. The van der Waals surface area contributed by atoms with E-state index in [2.05, 4.69) is 15.5 Å². The minimum Gasteiger partial charge on any atom is -0.345 e. The highest BCUT2D eigenvalue weighted by molar-refractivity contribution is 5.82. The van der Waals surface area contributed by atoms with E-state index in [4.69, 9.17) is 5.73 Å². The highest BCUT2D eigenvalue weighted by Crippen LogP contribution is 2.08. The molecule has 1 unspecified atom stereocenters. The molecule has 0 radical (unpaired) electrons. The Hall–Kier alpha value is -1.43. The summed E-state index contributed by atoms with van der Waals surface area (Å²) in [6.45, 7) is 5.68. The fourth-order valence-electron chi connectivity index (χ4n) is 1.36. The quantitative estimate of drug-likeness (QED) is 0.753. The minimum atomic E-state index is -0.490. The standard InChI is InChI=1S/C10H19N5O/c1-6(2)8(11)10(16)13-7(3)9-14-12-5-15(9)4/h5-8H,11H2,1-4H3,(H,13,16)/t7?,8-/m0/s1. The predicted octanol–water partition coefficient (Wildman–Crippen LogP) is -0.0244. The van der Waals surface area contributed by atoms with Gasteiger partial charge < -0.3 is 15.6 Å². The maximum absolute atomic E-state index is 11.7. The molecular formula is C10H19N5O. The molecule has 0 saturated heterocycles. The maximum Gasteiger partial charge on any atom is 0.237 e. The lowest BCUT2D eigenvalue weighted by Gasteiger charge is -2.18. The van der Waals surface area contributed by atoms with Crippen molar-refractivity contribution in [3.05, 3.63) is 12.2 Å². The van der Waals surface area contributed by atoms with Crippen LogP contribution in [0.15, 0.2) is 6.33 Å². The van der Waals surface area contributed by atoms with E-state index in [1.807, 2.05) is 27.8 Å². The second-order valence-electron chi connectivity index (χ2n) is 4.30. The molecule has 0 saturated carbocycles. The van der Waals surface area contributed by atoms with Crippen LogP contribution in [0.25, 0.3) is 0 Å². The Bertz CT molecular complexity index is 360. The SMILES string of the molecule is CC(NC(=O)[C@@H](N)C(C)C)c1nncn1C. The molecule has 90 valence electrons. The molecule has 16 heavy (non-hydrogen) atoms. The molecule has 0 aliphatic heterocycles. The van der Waals surface area contributed by atoms with Crippen LogP contribution in [0.2, 0.25) is 0 Å². The number of amides is 1. The van der Waals surface area contributed by atoms with Crippen LogP contribution in [-0.4, -0.2) is 26.7 Å². The molecule has 3 N–H and O–H groups in total. The molecule has 6 nitrogen and oxygen atoms in total. The van der Waals surface area contributed by atoms with Gasteiger partial charge in [0, 0.05) is 7.05 Å². The Balaban J connectivity index is 2.62. The van der Waals surface area contributed by atoms with E-state index in [9.17, 15) is 4.79 Å². The van der Waals surface area contributed by atoms with Crippen LogP contribution < -0.4 is 11.1 Å². The number of aromatic nitrogens is 3. The molecule has 0 bridgehead atoms. The molecule has 1 amide bonds. The van der Waals surface area contributed by atoms with Crippen molar-refractivity contribution in [2.75, 3.05) is 0 Å². The summed E-state index contributed by atoms with van der Waals surface area (Å²) in [7, 11) is 1.83. The molecule has 6 heteroatoms. The van der Waals surface area contributed by atoms with Gasteiger partial charge in [-0.2, -0.15) is 0 Å². The molecule has 0 spiro atoms. The van der Waals surface area contributed by atoms with Crippen LogP contribution in [0.5, 0.6) is 0 Å². The monoisotopic (exact) mass is 225 g/mol. The van der Waals surface area contributed by atoms with Crippen molar-refractivity contribution in [2.24, 2.45) is 18.7 Å². The van der Waals surface area contributed by atoms with Crippen molar-refractivity contribution >= 4 is 5.91 Å². The zero-order valence-corrected chi connectivity index (χ0v) is 10.1. The predicted molar refractivity (Wildman–Crippen MR) is 60.4 cm³/mol. The van der Waals surface area contributed by atoms with E-state index < -0.39 is 6.04 Å². The lowest BCUT2D eigenvalue weighted by molar-refractivity contribution is -0.123. The van der Waals surface area contributed by atoms with Crippen molar-refractivity contribution in [3.63, 3.8) is 0 Å². The lowest BCUT2D eigenvalue weighted by Crippen LogP contribution is -2.45. The van der Waals surface area contributed by atoms with Crippen LogP contribution in [0.3, 0.4) is 0 Å². The number of aryl methyl sites for hydroxylation is 1. The average Bonchev–Trinajstić information content (AvgIpc) is 2.62. The maximum atomic E-state index is 11.7. The van der Waals surface area contributed by atoms with Gasteiger partial charge in [0.25, 0.3) is 0 Å². The Morgan fingerprint density at radius 1 is 1.50 bits per heavy atom. The largest absolute Gasteiger partial charge is 0.345 e. The third-order valence-electron chi connectivity index (χ3n) is 2.51. The summed E-state index contributed by atoms with van der Waals surface area (Å²) in [6.07, 6.45) is 1.60. The Labute approximate surface area is 95.2 Å².